The van der Waals surface area contributed by atoms with Gasteiger partial charge in [-0.3, -0.25) is 4.79 Å². The van der Waals surface area contributed by atoms with Gasteiger partial charge >= 0.3 is 0 Å². The van der Waals surface area contributed by atoms with E-state index in [2.05, 4.69) is 5.32 Å². The number of benzene rings is 1. The van der Waals surface area contributed by atoms with Crippen molar-refractivity contribution in [1.82, 2.24) is 5.32 Å². The number of hydrogen-bond donors (Lipinski definition) is 1. The number of rotatable bonds is 3. The van der Waals surface area contributed by atoms with E-state index >= 15 is 0 Å². The Kier molecular flexibility index (Phi) is 4.00. The molecule has 0 bridgehead atoms. The average molecular weight is 249 g/mol. The Balaban J connectivity index is 2.02. The maximum atomic E-state index is 13.7. The van der Waals surface area contributed by atoms with Gasteiger partial charge < -0.3 is 5.32 Å². The van der Waals surface area contributed by atoms with Crippen LogP contribution in [0.3, 0.4) is 0 Å². The van der Waals surface area contributed by atoms with Crippen LogP contribution in [0.25, 0.3) is 0 Å². The highest BCUT2D eigenvalue weighted by molar-refractivity contribution is 5.94. The smallest absolute Gasteiger partial charge is 0.254 e. The second kappa shape index (κ2) is 5.51. The lowest BCUT2D eigenvalue weighted by atomic mass is 9.99. The molecule has 98 valence electrons. The molecule has 18 heavy (non-hydrogen) atoms. The molecule has 1 atom stereocenters. The summed E-state index contributed by atoms with van der Waals surface area (Å²) in [5.41, 5.74) is 0.971. The van der Waals surface area contributed by atoms with Crippen molar-refractivity contribution in [2.24, 2.45) is 5.92 Å². The molecular weight excluding hydrogens is 229 g/mol. The summed E-state index contributed by atoms with van der Waals surface area (Å²) in [7, 11) is 0. The summed E-state index contributed by atoms with van der Waals surface area (Å²) in [6.07, 6.45) is 4.81. The number of amides is 1. The third kappa shape index (κ3) is 2.89. The molecule has 1 aromatic rings. The largest absolute Gasteiger partial charge is 0.349 e. The van der Waals surface area contributed by atoms with E-state index in [0.29, 0.717) is 5.92 Å². The molecule has 3 heteroatoms. The minimum Gasteiger partial charge on any atom is -0.349 e. The highest BCUT2D eigenvalue weighted by atomic mass is 19.1. The summed E-state index contributed by atoms with van der Waals surface area (Å²) in [5.74, 6) is -0.194. The number of nitrogens with one attached hydrogen (secondary N) is 1. The van der Waals surface area contributed by atoms with Gasteiger partial charge in [-0.25, -0.2) is 4.39 Å². The first-order chi connectivity index (χ1) is 8.58. The van der Waals surface area contributed by atoms with Gasteiger partial charge in [0, 0.05) is 6.04 Å². The highest BCUT2D eigenvalue weighted by Crippen LogP contribution is 2.27. The number of hydrogen-bond acceptors (Lipinski definition) is 1. The quantitative estimate of drug-likeness (QED) is 0.873. The van der Waals surface area contributed by atoms with Crippen LogP contribution in [0.1, 0.15) is 48.5 Å². The second-order valence-corrected chi connectivity index (χ2v) is 5.29. The first kappa shape index (κ1) is 13.1. The molecule has 0 aliphatic heterocycles. The van der Waals surface area contributed by atoms with Crippen molar-refractivity contribution in [1.29, 1.82) is 0 Å². The SMILES string of the molecule is Cc1ccc(C(=O)NC(C)C2CCCC2)c(F)c1. The fourth-order valence-electron chi connectivity index (χ4n) is 2.66. The lowest BCUT2D eigenvalue weighted by Gasteiger charge is -2.20. The maximum absolute atomic E-state index is 13.7. The summed E-state index contributed by atoms with van der Waals surface area (Å²) in [5, 5.41) is 2.92. The molecule has 0 spiro atoms. The predicted molar refractivity (Wildman–Crippen MR) is 70.0 cm³/mol. The molecule has 1 unspecified atom stereocenters. The molecule has 1 fully saturated rings. The highest BCUT2D eigenvalue weighted by Gasteiger charge is 2.23. The zero-order valence-corrected chi connectivity index (χ0v) is 11.0. The summed E-state index contributed by atoms with van der Waals surface area (Å²) in [6.45, 7) is 3.83. The van der Waals surface area contributed by atoms with E-state index < -0.39 is 5.82 Å². The normalized spacial score (nSPS) is 17.7. The van der Waals surface area contributed by atoms with Gasteiger partial charge in [0.15, 0.2) is 0 Å². The number of aryl methyl sites for hydroxylation is 1. The molecule has 1 aliphatic carbocycles. The average Bonchev–Trinajstić information content (AvgIpc) is 2.81. The van der Waals surface area contributed by atoms with Gasteiger partial charge in [0.1, 0.15) is 5.82 Å². The Bertz CT molecular complexity index is 438. The third-order valence-electron chi connectivity index (χ3n) is 3.83. The van der Waals surface area contributed by atoms with Gasteiger partial charge in [-0.1, -0.05) is 18.9 Å². The van der Waals surface area contributed by atoms with Crippen molar-refractivity contribution in [3.63, 3.8) is 0 Å². The molecule has 0 saturated heterocycles. The second-order valence-electron chi connectivity index (χ2n) is 5.29. The van der Waals surface area contributed by atoms with Crippen LogP contribution in [0.5, 0.6) is 0 Å². The van der Waals surface area contributed by atoms with Crippen molar-refractivity contribution in [2.45, 2.75) is 45.6 Å². The Morgan fingerprint density at radius 3 is 2.67 bits per heavy atom. The van der Waals surface area contributed by atoms with Crippen LogP contribution < -0.4 is 5.32 Å². The van der Waals surface area contributed by atoms with Crippen molar-refractivity contribution < 1.29 is 9.18 Å². The third-order valence-corrected chi connectivity index (χ3v) is 3.83. The molecule has 1 N–H and O–H groups in total. The standard InChI is InChI=1S/C15H20FNO/c1-10-7-8-13(14(16)9-10)15(18)17-11(2)12-5-3-4-6-12/h7-9,11-12H,3-6H2,1-2H3,(H,17,18). The fraction of sp³-hybridized carbons (Fsp3) is 0.533. The van der Waals surface area contributed by atoms with Crippen LogP contribution in [0.15, 0.2) is 18.2 Å². The fourth-order valence-corrected chi connectivity index (χ4v) is 2.66. The summed E-state index contributed by atoms with van der Waals surface area (Å²) in [6, 6.07) is 4.84. The molecule has 0 radical (unpaired) electrons. The molecule has 0 aromatic heterocycles. The first-order valence-corrected chi connectivity index (χ1v) is 6.65. The first-order valence-electron chi connectivity index (χ1n) is 6.65. The van der Waals surface area contributed by atoms with E-state index in [1.807, 2.05) is 13.8 Å². The van der Waals surface area contributed by atoms with Crippen LogP contribution >= 0.6 is 0 Å². The van der Waals surface area contributed by atoms with Crippen LogP contribution in [-0.4, -0.2) is 11.9 Å². The van der Waals surface area contributed by atoms with Crippen molar-refractivity contribution in [3.05, 3.63) is 35.1 Å². The zero-order valence-electron chi connectivity index (χ0n) is 11.0. The van der Waals surface area contributed by atoms with Gasteiger partial charge in [0.05, 0.1) is 5.56 Å². The molecule has 2 nitrogen and oxygen atoms in total. The van der Waals surface area contributed by atoms with E-state index in [1.165, 1.54) is 18.9 Å². The van der Waals surface area contributed by atoms with Crippen molar-refractivity contribution >= 4 is 5.91 Å². The minimum absolute atomic E-state index is 0.126. The van der Waals surface area contributed by atoms with Crippen molar-refractivity contribution in [2.75, 3.05) is 0 Å². The number of carbonyl (C=O) groups is 1. The van der Waals surface area contributed by atoms with Gasteiger partial charge in [-0.15, -0.1) is 0 Å². The molecule has 2 rings (SSSR count). The molecular formula is C15H20FNO. The van der Waals surface area contributed by atoms with Gasteiger partial charge in [0.25, 0.3) is 5.91 Å². The minimum atomic E-state index is -0.439. The number of halogens is 1. The van der Waals surface area contributed by atoms with E-state index in [9.17, 15) is 9.18 Å². The summed E-state index contributed by atoms with van der Waals surface area (Å²) >= 11 is 0. The Morgan fingerprint density at radius 1 is 1.39 bits per heavy atom. The lowest BCUT2D eigenvalue weighted by molar-refractivity contribution is 0.0923. The monoisotopic (exact) mass is 249 g/mol. The van der Waals surface area contributed by atoms with Gasteiger partial charge in [0.2, 0.25) is 0 Å². The lowest BCUT2D eigenvalue weighted by Crippen LogP contribution is -2.37. The Labute approximate surface area is 108 Å². The Morgan fingerprint density at radius 2 is 2.06 bits per heavy atom. The molecule has 1 amide bonds. The van der Waals surface area contributed by atoms with Crippen LogP contribution in [0, 0.1) is 18.7 Å². The molecule has 1 aromatic carbocycles. The molecule has 1 aliphatic rings. The van der Waals surface area contributed by atoms with E-state index in [-0.39, 0.29) is 17.5 Å². The zero-order chi connectivity index (χ0) is 13.1. The van der Waals surface area contributed by atoms with Gasteiger partial charge in [-0.05, 0) is 50.3 Å². The molecule has 0 heterocycles. The van der Waals surface area contributed by atoms with Crippen LogP contribution in [0.2, 0.25) is 0 Å². The van der Waals surface area contributed by atoms with E-state index in [1.54, 1.807) is 12.1 Å². The van der Waals surface area contributed by atoms with E-state index in [4.69, 9.17) is 0 Å². The summed E-state index contributed by atoms with van der Waals surface area (Å²) in [4.78, 5) is 12.0. The molecule has 1 saturated carbocycles. The Hall–Kier alpha value is -1.38. The predicted octanol–water partition coefficient (Wildman–Crippen LogP) is 3.44. The van der Waals surface area contributed by atoms with Gasteiger partial charge in [-0.2, -0.15) is 0 Å². The maximum Gasteiger partial charge on any atom is 0.254 e. The topological polar surface area (TPSA) is 29.1 Å². The number of carbonyl (C=O) groups excluding carboxylic acids is 1. The van der Waals surface area contributed by atoms with Crippen molar-refractivity contribution in [3.8, 4) is 0 Å². The van der Waals surface area contributed by atoms with E-state index in [0.717, 1.165) is 18.4 Å². The summed E-state index contributed by atoms with van der Waals surface area (Å²) < 4.78 is 13.7. The van der Waals surface area contributed by atoms with Crippen LogP contribution in [0.4, 0.5) is 4.39 Å². The van der Waals surface area contributed by atoms with Crippen LogP contribution in [-0.2, 0) is 0 Å².